The Kier molecular flexibility index (Phi) is 5.07. The van der Waals surface area contributed by atoms with Gasteiger partial charge in [-0.3, -0.25) is 4.79 Å². The second-order valence-electron chi connectivity index (χ2n) is 6.45. The number of hydrogen-bond acceptors (Lipinski definition) is 1. The molecule has 1 aromatic carbocycles. The van der Waals surface area contributed by atoms with Gasteiger partial charge in [0.25, 0.3) is 5.91 Å². The summed E-state index contributed by atoms with van der Waals surface area (Å²) < 4.78 is 2.26. The van der Waals surface area contributed by atoms with Crippen LogP contribution in [-0.2, 0) is 0 Å². The molecular weight excluding hydrogens is 272 g/mol. The maximum Gasteiger partial charge on any atom is 0.250 e. The van der Waals surface area contributed by atoms with Gasteiger partial charge < -0.3 is 10.3 Å². The van der Waals surface area contributed by atoms with Gasteiger partial charge in [-0.1, -0.05) is 44.2 Å². The molecule has 1 amide bonds. The molecule has 3 nitrogen and oxygen atoms in total. The molecule has 1 aromatic heterocycles. The van der Waals surface area contributed by atoms with Gasteiger partial charge in [0, 0.05) is 17.4 Å². The van der Waals surface area contributed by atoms with Crippen molar-refractivity contribution in [2.45, 2.75) is 46.6 Å². The fraction of sp³-hybridized carbons (Fsp3) is 0.421. The van der Waals surface area contributed by atoms with E-state index in [1.165, 1.54) is 6.42 Å². The van der Waals surface area contributed by atoms with Gasteiger partial charge in [0.05, 0.1) is 5.56 Å². The zero-order valence-corrected chi connectivity index (χ0v) is 14.0. The van der Waals surface area contributed by atoms with E-state index >= 15 is 0 Å². The molecule has 0 aliphatic heterocycles. The number of amides is 1. The van der Waals surface area contributed by atoms with Crippen LogP contribution in [0.3, 0.4) is 0 Å². The van der Waals surface area contributed by atoms with E-state index in [4.69, 9.17) is 5.73 Å². The summed E-state index contributed by atoms with van der Waals surface area (Å²) in [6.07, 6.45) is 2.25. The maximum atomic E-state index is 11.7. The summed E-state index contributed by atoms with van der Waals surface area (Å²) >= 11 is 0. The highest BCUT2D eigenvalue weighted by atomic mass is 16.1. The van der Waals surface area contributed by atoms with E-state index in [0.29, 0.717) is 17.5 Å². The highest BCUT2D eigenvalue weighted by molar-refractivity contribution is 5.95. The molecule has 0 spiro atoms. The van der Waals surface area contributed by atoms with Crippen LogP contribution in [0.4, 0.5) is 0 Å². The molecule has 1 heterocycles. The lowest BCUT2D eigenvalue weighted by Crippen LogP contribution is -2.14. The van der Waals surface area contributed by atoms with E-state index in [1.54, 1.807) is 0 Å². The minimum Gasteiger partial charge on any atom is -0.366 e. The van der Waals surface area contributed by atoms with Gasteiger partial charge in [0.15, 0.2) is 0 Å². The number of carbonyl (C=O) groups excluding carboxylic acids is 1. The summed E-state index contributed by atoms with van der Waals surface area (Å²) in [7, 11) is 0. The second kappa shape index (κ2) is 6.82. The van der Waals surface area contributed by atoms with E-state index in [9.17, 15) is 4.79 Å². The van der Waals surface area contributed by atoms with Crippen LogP contribution in [0.5, 0.6) is 0 Å². The molecule has 22 heavy (non-hydrogen) atoms. The quantitative estimate of drug-likeness (QED) is 0.835. The average Bonchev–Trinajstić information content (AvgIpc) is 2.83. The molecule has 2 rings (SSSR count). The van der Waals surface area contributed by atoms with Crippen LogP contribution < -0.4 is 5.73 Å². The molecular formula is C19H26N2O. The summed E-state index contributed by atoms with van der Waals surface area (Å²) in [5.74, 6) is 0.318. The third-order valence-corrected chi connectivity index (χ3v) is 4.23. The van der Waals surface area contributed by atoms with E-state index in [1.807, 2.05) is 31.2 Å². The first-order valence-electron chi connectivity index (χ1n) is 7.98. The van der Waals surface area contributed by atoms with E-state index in [-0.39, 0.29) is 5.91 Å². The Bertz CT molecular complexity index is 641. The first kappa shape index (κ1) is 16.3. The molecule has 1 unspecified atom stereocenters. The summed E-state index contributed by atoms with van der Waals surface area (Å²) in [6.45, 7) is 8.68. The Morgan fingerprint density at radius 2 is 1.77 bits per heavy atom. The predicted octanol–water partition coefficient (Wildman–Crippen LogP) is 4.56. The van der Waals surface area contributed by atoms with E-state index in [2.05, 4.69) is 37.5 Å². The van der Waals surface area contributed by atoms with Crippen LogP contribution >= 0.6 is 0 Å². The third kappa shape index (κ3) is 3.41. The number of rotatable bonds is 6. The molecule has 2 N–H and O–H groups in total. The van der Waals surface area contributed by atoms with Crippen molar-refractivity contribution in [2.24, 2.45) is 11.7 Å². The molecule has 3 heteroatoms. The van der Waals surface area contributed by atoms with Gasteiger partial charge in [0.1, 0.15) is 0 Å². The molecule has 118 valence electrons. The molecule has 0 bridgehead atoms. The maximum absolute atomic E-state index is 11.7. The highest BCUT2D eigenvalue weighted by Crippen LogP contribution is 2.31. The number of aromatic nitrogens is 1. The SMILES string of the molecule is Cc1c(C(N)=O)cc(-c2ccccc2)n1C(C)CCC(C)C. The first-order chi connectivity index (χ1) is 10.4. The second-order valence-corrected chi connectivity index (χ2v) is 6.45. The van der Waals surface area contributed by atoms with Crippen LogP contribution in [0.1, 0.15) is 55.7 Å². The van der Waals surface area contributed by atoms with E-state index in [0.717, 1.165) is 23.4 Å². The van der Waals surface area contributed by atoms with Crippen LogP contribution in [0, 0.1) is 12.8 Å². The normalized spacial score (nSPS) is 12.6. The summed E-state index contributed by atoms with van der Waals surface area (Å²) in [5, 5.41) is 0. The molecule has 0 aliphatic carbocycles. The minimum atomic E-state index is -0.357. The van der Waals surface area contributed by atoms with Crippen LogP contribution in [0.25, 0.3) is 11.3 Å². The zero-order valence-electron chi connectivity index (χ0n) is 14.0. The number of hydrogen-bond donors (Lipinski definition) is 1. The number of nitrogens with zero attached hydrogens (tertiary/aromatic N) is 1. The molecule has 0 saturated heterocycles. The van der Waals surface area contributed by atoms with Gasteiger partial charge >= 0.3 is 0 Å². The number of carbonyl (C=O) groups is 1. The fourth-order valence-electron chi connectivity index (χ4n) is 2.97. The predicted molar refractivity (Wildman–Crippen MR) is 91.9 cm³/mol. The number of primary amides is 1. The summed E-state index contributed by atoms with van der Waals surface area (Å²) in [6, 6.07) is 12.5. The van der Waals surface area contributed by atoms with Gasteiger partial charge in [-0.25, -0.2) is 0 Å². The first-order valence-corrected chi connectivity index (χ1v) is 7.98. The van der Waals surface area contributed by atoms with Crippen LogP contribution in [-0.4, -0.2) is 10.5 Å². The van der Waals surface area contributed by atoms with Crippen molar-refractivity contribution >= 4 is 5.91 Å². The van der Waals surface area contributed by atoms with Crippen LogP contribution in [0.2, 0.25) is 0 Å². The molecule has 0 saturated carbocycles. The molecule has 0 radical (unpaired) electrons. The third-order valence-electron chi connectivity index (χ3n) is 4.23. The molecule has 0 aliphatic rings. The largest absolute Gasteiger partial charge is 0.366 e. The Morgan fingerprint density at radius 1 is 1.14 bits per heavy atom. The van der Waals surface area contributed by atoms with Gasteiger partial charge in [-0.05, 0) is 44.2 Å². The highest BCUT2D eigenvalue weighted by Gasteiger charge is 2.20. The van der Waals surface area contributed by atoms with Crippen molar-refractivity contribution in [3.63, 3.8) is 0 Å². The zero-order chi connectivity index (χ0) is 16.3. The smallest absolute Gasteiger partial charge is 0.250 e. The van der Waals surface area contributed by atoms with Crippen molar-refractivity contribution in [3.8, 4) is 11.3 Å². The number of nitrogens with two attached hydrogens (primary N) is 1. The summed E-state index contributed by atoms with van der Waals surface area (Å²) in [5.41, 5.74) is 9.32. The fourth-order valence-corrected chi connectivity index (χ4v) is 2.97. The van der Waals surface area contributed by atoms with Crippen molar-refractivity contribution in [1.82, 2.24) is 4.57 Å². The Labute approximate surface area is 133 Å². The van der Waals surface area contributed by atoms with Crippen molar-refractivity contribution < 1.29 is 4.79 Å². The monoisotopic (exact) mass is 298 g/mol. The van der Waals surface area contributed by atoms with Crippen molar-refractivity contribution in [2.75, 3.05) is 0 Å². The molecule has 2 aromatic rings. The summed E-state index contributed by atoms with van der Waals surface area (Å²) in [4.78, 5) is 11.7. The molecule has 0 fully saturated rings. The van der Waals surface area contributed by atoms with Gasteiger partial charge in [-0.2, -0.15) is 0 Å². The Morgan fingerprint density at radius 3 is 2.32 bits per heavy atom. The minimum absolute atomic E-state index is 0.339. The van der Waals surface area contributed by atoms with Crippen molar-refractivity contribution in [3.05, 3.63) is 47.7 Å². The topological polar surface area (TPSA) is 48.0 Å². The lowest BCUT2D eigenvalue weighted by atomic mass is 10.0. The van der Waals surface area contributed by atoms with Gasteiger partial charge in [0.2, 0.25) is 0 Å². The van der Waals surface area contributed by atoms with Gasteiger partial charge in [-0.15, -0.1) is 0 Å². The van der Waals surface area contributed by atoms with Crippen molar-refractivity contribution in [1.29, 1.82) is 0 Å². The Balaban J connectivity index is 2.48. The number of benzene rings is 1. The van der Waals surface area contributed by atoms with Crippen LogP contribution in [0.15, 0.2) is 36.4 Å². The molecule has 1 atom stereocenters. The lowest BCUT2D eigenvalue weighted by Gasteiger charge is -2.21. The standard InChI is InChI=1S/C19H26N2O/c1-13(2)10-11-14(3)21-15(4)17(19(20)22)12-18(21)16-8-6-5-7-9-16/h5-9,12-14H,10-11H2,1-4H3,(H2,20,22). The van der Waals surface area contributed by atoms with E-state index < -0.39 is 0 Å². The average molecular weight is 298 g/mol. The lowest BCUT2D eigenvalue weighted by molar-refractivity contribution is 0.0999. The Hall–Kier alpha value is -2.03.